The molecule has 1 aromatic carbocycles. The highest BCUT2D eigenvalue weighted by Gasteiger charge is 2.16. The van der Waals surface area contributed by atoms with Crippen LogP contribution in [0.5, 0.6) is 0 Å². The van der Waals surface area contributed by atoms with E-state index in [0.717, 1.165) is 60.6 Å². The van der Waals surface area contributed by atoms with E-state index in [0.29, 0.717) is 18.1 Å². The molecule has 168 valence electrons. The molecule has 0 radical (unpaired) electrons. The summed E-state index contributed by atoms with van der Waals surface area (Å²) in [6.45, 7) is 8.63. The molecule has 1 aliphatic rings. The van der Waals surface area contributed by atoms with Gasteiger partial charge in [0, 0.05) is 48.2 Å². The number of aryl methyl sites for hydroxylation is 2. The van der Waals surface area contributed by atoms with Crippen LogP contribution in [0.15, 0.2) is 35.7 Å². The number of morpholine rings is 1. The summed E-state index contributed by atoms with van der Waals surface area (Å²) in [5.74, 6) is 0.511. The number of carbonyl (C=O) groups excluding carboxylic acids is 1. The predicted molar refractivity (Wildman–Crippen MR) is 125 cm³/mol. The molecule has 0 spiro atoms. The first-order chi connectivity index (χ1) is 15.5. The highest BCUT2D eigenvalue weighted by molar-refractivity contribution is 7.09. The van der Waals surface area contributed by atoms with Gasteiger partial charge in [0.15, 0.2) is 0 Å². The standard InChI is InChI=1S/C23H28N6O2S/c1-16-12-17(2)25-23(24-16)27-19-6-4-18(5-7-19)22(30)28(3)13-20-15-32-21(26-20)14-29-8-10-31-11-9-29/h4-7,12,15H,8-11,13-14H2,1-3H3,(H,24,25,27). The molecule has 0 bridgehead atoms. The number of rotatable bonds is 7. The normalized spacial score (nSPS) is 14.3. The van der Waals surface area contributed by atoms with E-state index in [9.17, 15) is 4.79 Å². The molecule has 0 atom stereocenters. The quantitative estimate of drug-likeness (QED) is 0.588. The Morgan fingerprint density at radius 2 is 1.81 bits per heavy atom. The Morgan fingerprint density at radius 3 is 2.50 bits per heavy atom. The van der Waals surface area contributed by atoms with Gasteiger partial charge in [-0.2, -0.15) is 0 Å². The summed E-state index contributed by atoms with van der Waals surface area (Å²) < 4.78 is 5.40. The van der Waals surface area contributed by atoms with E-state index in [1.54, 1.807) is 23.3 Å². The first-order valence-electron chi connectivity index (χ1n) is 10.6. The number of nitrogens with zero attached hydrogens (tertiary/aromatic N) is 5. The Kier molecular flexibility index (Phi) is 7.09. The first-order valence-corrected chi connectivity index (χ1v) is 11.5. The van der Waals surface area contributed by atoms with Crippen LogP contribution in [0, 0.1) is 13.8 Å². The maximum atomic E-state index is 12.9. The SMILES string of the molecule is Cc1cc(C)nc(Nc2ccc(C(=O)N(C)Cc3csc(CN4CCOCC4)n3)cc2)n1. The third-order valence-electron chi connectivity index (χ3n) is 5.18. The van der Waals surface area contributed by atoms with Crippen molar-refractivity contribution in [2.45, 2.75) is 26.9 Å². The molecule has 1 saturated heterocycles. The second-order valence-electron chi connectivity index (χ2n) is 7.96. The molecule has 8 nitrogen and oxygen atoms in total. The van der Waals surface area contributed by atoms with Crippen molar-refractivity contribution < 1.29 is 9.53 Å². The second-order valence-corrected chi connectivity index (χ2v) is 8.90. The fraction of sp³-hybridized carbons (Fsp3) is 0.391. The van der Waals surface area contributed by atoms with E-state index in [-0.39, 0.29) is 5.91 Å². The van der Waals surface area contributed by atoms with Crippen molar-refractivity contribution >= 4 is 28.9 Å². The zero-order chi connectivity index (χ0) is 22.5. The summed E-state index contributed by atoms with van der Waals surface area (Å²) in [6.07, 6.45) is 0. The minimum atomic E-state index is -0.0399. The van der Waals surface area contributed by atoms with Crippen LogP contribution in [0.25, 0.3) is 0 Å². The average Bonchev–Trinajstić information content (AvgIpc) is 3.20. The molecule has 3 heterocycles. The van der Waals surface area contributed by atoms with Crippen LogP contribution in [-0.4, -0.2) is 64.0 Å². The number of ether oxygens (including phenoxy) is 1. The highest BCUT2D eigenvalue weighted by atomic mass is 32.1. The summed E-state index contributed by atoms with van der Waals surface area (Å²) >= 11 is 1.65. The van der Waals surface area contributed by atoms with Crippen LogP contribution < -0.4 is 5.32 Å². The van der Waals surface area contributed by atoms with Crippen molar-refractivity contribution in [1.29, 1.82) is 0 Å². The fourth-order valence-corrected chi connectivity index (χ4v) is 4.41. The Labute approximate surface area is 192 Å². The lowest BCUT2D eigenvalue weighted by Crippen LogP contribution is -2.35. The number of anilines is 2. The Morgan fingerprint density at radius 1 is 1.12 bits per heavy atom. The van der Waals surface area contributed by atoms with Gasteiger partial charge in [-0.1, -0.05) is 0 Å². The van der Waals surface area contributed by atoms with E-state index in [2.05, 4.69) is 20.2 Å². The van der Waals surface area contributed by atoms with Crippen molar-refractivity contribution in [3.8, 4) is 0 Å². The maximum Gasteiger partial charge on any atom is 0.253 e. The fourth-order valence-electron chi connectivity index (χ4n) is 3.59. The third-order valence-corrected chi connectivity index (χ3v) is 6.06. The van der Waals surface area contributed by atoms with Gasteiger partial charge in [0.05, 0.1) is 32.0 Å². The average molecular weight is 453 g/mol. The molecular weight excluding hydrogens is 424 g/mol. The van der Waals surface area contributed by atoms with Crippen LogP contribution in [0.4, 0.5) is 11.6 Å². The van der Waals surface area contributed by atoms with Crippen LogP contribution in [0.3, 0.4) is 0 Å². The van der Waals surface area contributed by atoms with Gasteiger partial charge in [0.25, 0.3) is 5.91 Å². The van der Waals surface area contributed by atoms with E-state index < -0.39 is 0 Å². The van der Waals surface area contributed by atoms with Crippen LogP contribution in [0.2, 0.25) is 0 Å². The van der Waals surface area contributed by atoms with Gasteiger partial charge < -0.3 is 15.0 Å². The van der Waals surface area contributed by atoms with Gasteiger partial charge in [0.2, 0.25) is 5.95 Å². The van der Waals surface area contributed by atoms with E-state index in [4.69, 9.17) is 9.72 Å². The third kappa shape index (κ3) is 5.87. The summed E-state index contributed by atoms with van der Waals surface area (Å²) in [6, 6.07) is 9.29. The van der Waals surface area contributed by atoms with Crippen molar-refractivity contribution in [1.82, 2.24) is 24.8 Å². The number of hydrogen-bond acceptors (Lipinski definition) is 8. The van der Waals surface area contributed by atoms with Crippen LogP contribution in [0.1, 0.15) is 32.4 Å². The number of nitrogens with one attached hydrogen (secondary N) is 1. The first kappa shape index (κ1) is 22.3. The highest BCUT2D eigenvalue weighted by Crippen LogP contribution is 2.18. The Hall–Kier alpha value is -2.88. The molecule has 9 heteroatoms. The van der Waals surface area contributed by atoms with E-state index in [1.807, 2.05) is 49.6 Å². The lowest BCUT2D eigenvalue weighted by atomic mass is 10.2. The molecule has 2 aromatic heterocycles. The minimum absolute atomic E-state index is 0.0399. The van der Waals surface area contributed by atoms with Gasteiger partial charge in [-0.25, -0.2) is 15.0 Å². The number of amides is 1. The van der Waals surface area contributed by atoms with Crippen LogP contribution >= 0.6 is 11.3 Å². The van der Waals surface area contributed by atoms with Crippen LogP contribution in [-0.2, 0) is 17.8 Å². The monoisotopic (exact) mass is 452 g/mol. The number of carbonyl (C=O) groups is 1. The summed E-state index contributed by atoms with van der Waals surface area (Å²) in [7, 11) is 1.80. The number of benzene rings is 1. The summed E-state index contributed by atoms with van der Waals surface area (Å²) in [4.78, 5) is 30.4. The molecule has 1 aliphatic heterocycles. The largest absolute Gasteiger partial charge is 0.379 e. The van der Waals surface area contributed by atoms with Crippen molar-refractivity contribution in [3.05, 3.63) is 63.4 Å². The number of thiazole rings is 1. The topological polar surface area (TPSA) is 83.5 Å². The molecule has 0 aliphatic carbocycles. The molecule has 0 unspecified atom stereocenters. The molecule has 0 saturated carbocycles. The van der Waals surface area contributed by atoms with Crippen molar-refractivity contribution in [2.24, 2.45) is 0 Å². The van der Waals surface area contributed by atoms with E-state index in [1.165, 1.54) is 0 Å². The number of aromatic nitrogens is 3. The zero-order valence-corrected chi connectivity index (χ0v) is 19.5. The Bertz CT molecular complexity index is 1040. The van der Waals surface area contributed by atoms with Crippen molar-refractivity contribution in [2.75, 3.05) is 38.7 Å². The predicted octanol–water partition coefficient (Wildman–Crippen LogP) is 3.40. The lowest BCUT2D eigenvalue weighted by molar-refractivity contribution is 0.0341. The second kappa shape index (κ2) is 10.2. The number of hydrogen-bond donors (Lipinski definition) is 1. The van der Waals surface area contributed by atoms with Gasteiger partial charge in [-0.05, 0) is 44.2 Å². The molecule has 1 fully saturated rings. The van der Waals surface area contributed by atoms with Gasteiger partial charge >= 0.3 is 0 Å². The molecular formula is C23H28N6O2S. The molecule has 1 N–H and O–H groups in total. The van der Waals surface area contributed by atoms with Gasteiger partial charge in [-0.15, -0.1) is 11.3 Å². The molecule has 32 heavy (non-hydrogen) atoms. The summed E-state index contributed by atoms with van der Waals surface area (Å²) in [5, 5.41) is 6.30. The molecule has 4 rings (SSSR count). The molecule has 1 amide bonds. The van der Waals surface area contributed by atoms with E-state index >= 15 is 0 Å². The van der Waals surface area contributed by atoms with Gasteiger partial charge in [0.1, 0.15) is 5.01 Å². The van der Waals surface area contributed by atoms with Gasteiger partial charge in [-0.3, -0.25) is 9.69 Å². The van der Waals surface area contributed by atoms with Crippen molar-refractivity contribution in [3.63, 3.8) is 0 Å². The smallest absolute Gasteiger partial charge is 0.253 e. The lowest BCUT2D eigenvalue weighted by Gasteiger charge is -2.25. The minimum Gasteiger partial charge on any atom is -0.379 e. The molecule has 3 aromatic rings. The Balaban J connectivity index is 1.33. The zero-order valence-electron chi connectivity index (χ0n) is 18.7. The maximum absolute atomic E-state index is 12.9. The summed E-state index contributed by atoms with van der Waals surface area (Å²) in [5.41, 5.74) is 4.19.